The van der Waals surface area contributed by atoms with E-state index >= 15 is 0 Å². The van der Waals surface area contributed by atoms with Gasteiger partial charge in [0.15, 0.2) is 0 Å². The molecular formula is C22H14O5. The maximum Gasteiger partial charge on any atom is 0.336 e. The molecule has 0 bridgehead atoms. The Morgan fingerprint density at radius 3 is 2.52 bits per heavy atom. The highest BCUT2D eigenvalue weighted by molar-refractivity contribution is 5.99. The molecule has 0 atom stereocenters. The Bertz CT molecular complexity index is 1220. The van der Waals surface area contributed by atoms with Crippen LogP contribution >= 0.6 is 0 Å². The van der Waals surface area contributed by atoms with Gasteiger partial charge in [-0.25, -0.2) is 4.79 Å². The molecule has 1 aliphatic heterocycles. The molecule has 0 saturated carbocycles. The molecule has 0 amide bonds. The molecule has 132 valence electrons. The lowest BCUT2D eigenvalue weighted by Crippen LogP contribution is -2.20. The number of hydrogen-bond donors (Lipinski definition) is 2. The van der Waals surface area contributed by atoms with E-state index in [2.05, 4.69) is 6.58 Å². The van der Waals surface area contributed by atoms with Crippen LogP contribution in [0.5, 0.6) is 17.2 Å². The van der Waals surface area contributed by atoms with Crippen LogP contribution in [0.1, 0.15) is 31.8 Å². The van der Waals surface area contributed by atoms with Gasteiger partial charge in [0, 0.05) is 28.0 Å². The summed E-state index contributed by atoms with van der Waals surface area (Å²) in [7, 11) is 0. The molecule has 0 aliphatic carbocycles. The monoisotopic (exact) mass is 358 g/mol. The number of phenols is 1. The molecule has 0 spiro atoms. The summed E-state index contributed by atoms with van der Waals surface area (Å²) in [5.41, 5.74) is 2.08. The van der Waals surface area contributed by atoms with E-state index in [-0.39, 0.29) is 11.3 Å². The van der Waals surface area contributed by atoms with Crippen molar-refractivity contribution >= 4 is 24.4 Å². The Morgan fingerprint density at radius 2 is 1.78 bits per heavy atom. The third-order valence-electron chi connectivity index (χ3n) is 4.45. The minimum atomic E-state index is -1.10. The van der Waals surface area contributed by atoms with E-state index in [1.54, 1.807) is 24.3 Å². The Hall–Kier alpha value is -3.86. The van der Waals surface area contributed by atoms with Crippen LogP contribution in [0.3, 0.4) is 0 Å². The van der Waals surface area contributed by atoms with Crippen molar-refractivity contribution in [3.63, 3.8) is 0 Å². The molecule has 1 heterocycles. The molecule has 0 saturated heterocycles. The van der Waals surface area contributed by atoms with E-state index in [9.17, 15) is 19.8 Å². The van der Waals surface area contributed by atoms with E-state index in [4.69, 9.17) is 4.74 Å². The summed E-state index contributed by atoms with van der Waals surface area (Å²) in [6.45, 7) is 3.89. The lowest BCUT2D eigenvalue weighted by atomic mass is 9.88. The van der Waals surface area contributed by atoms with E-state index < -0.39 is 5.97 Å². The number of carbonyl (C=O) groups excluding carboxylic acids is 1. The third-order valence-corrected chi connectivity index (χ3v) is 4.45. The van der Waals surface area contributed by atoms with Gasteiger partial charge in [-0.15, -0.1) is 0 Å². The first-order valence-electron chi connectivity index (χ1n) is 8.15. The summed E-state index contributed by atoms with van der Waals surface area (Å²) >= 11 is 0. The lowest BCUT2D eigenvalue weighted by Gasteiger charge is -2.22. The average Bonchev–Trinajstić information content (AvgIpc) is 2.65. The predicted octanol–water partition coefficient (Wildman–Crippen LogP) is 2.67. The van der Waals surface area contributed by atoms with Crippen LogP contribution in [0.15, 0.2) is 54.6 Å². The molecule has 0 radical (unpaired) electrons. The SMILES string of the molecule is C=c1ccc2c(c1)Oc1cc(O)ccc1C=2c1cc(C=O)ccc1C(=O)O. The van der Waals surface area contributed by atoms with Gasteiger partial charge in [-0.05, 0) is 41.1 Å². The number of aldehydes is 1. The number of carboxylic acid groups (broad SMARTS) is 1. The van der Waals surface area contributed by atoms with Crippen molar-refractivity contribution in [1.29, 1.82) is 0 Å². The van der Waals surface area contributed by atoms with Crippen LogP contribution < -0.4 is 15.2 Å². The molecule has 4 rings (SSSR count). The zero-order chi connectivity index (χ0) is 19.1. The lowest BCUT2D eigenvalue weighted by molar-refractivity contribution is 0.0696. The Labute approximate surface area is 154 Å². The predicted molar refractivity (Wildman–Crippen MR) is 99.8 cm³/mol. The summed E-state index contributed by atoms with van der Waals surface area (Å²) in [5.74, 6) is -0.168. The van der Waals surface area contributed by atoms with Crippen molar-refractivity contribution in [2.24, 2.45) is 0 Å². The van der Waals surface area contributed by atoms with Crippen molar-refractivity contribution < 1.29 is 24.5 Å². The highest BCUT2D eigenvalue weighted by atomic mass is 16.5. The molecule has 0 fully saturated rings. The standard InChI is InChI=1S/C22H14O5/c1-12-2-5-16-19(8-12)27-20-10-14(24)4-7-17(20)21(16)18-9-13(11-23)3-6-15(18)22(25)26/h2-11,24H,1H2,(H,25,26). The van der Waals surface area contributed by atoms with Crippen LogP contribution in [0.2, 0.25) is 0 Å². The van der Waals surface area contributed by atoms with Crippen LogP contribution in [0.4, 0.5) is 0 Å². The summed E-state index contributed by atoms with van der Waals surface area (Å²) in [5, 5.41) is 20.9. The number of benzene rings is 3. The van der Waals surface area contributed by atoms with Gasteiger partial charge in [0.05, 0.1) is 5.56 Å². The van der Waals surface area contributed by atoms with Crippen molar-refractivity contribution in [3.8, 4) is 17.2 Å². The van der Waals surface area contributed by atoms with Gasteiger partial charge in [-0.2, -0.15) is 0 Å². The van der Waals surface area contributed by atoms with Crippen LogP contribution in [-0.2, 0) is 0 Å². The largest absolute Gasteiger partial charge is 0.508 e. The van der Waals surface area contributed by atoms with Gasteiger partial charge in [0.25, 0.3) is 0 Å². The zero-order valence-electron chi connectivity index (χ0n) is 14.1. The van der Waals surface area contributed by atoms with Gasteiger partial charge in [0.1, 0.15) is 23.5 Å². The number of aromatic hydroxyl groups is 1. The fourth-order valence-corrected chi connectivity index (χ4v) is 3.24. The number of phenolic OH excluding ortho intramolecular Hbond substituents is 1. The fourth-order valence-electron chi connectivity index (χ4n) is 3.24. The number of rotatable bonds is 3. The second kappa shape index (κ2) is 6.14. The molecule has 0 aromatic heterocycles. The van der Waals surface area contributed by atoms with Crippen LogP contribution in [-0.4, -0.2) is 22.5 Å². The van der Waals surface area contributed by atoms with Gasteiger partial charge >= 0.3 is 5.97 Å². The number of aromatic carboxylic acids is 1. The second-order valence-electron chi connectivity index (χ2n) is 6.22. The van der Waals surface area contributed by atoms with Crippen molar-refractivity contribution in [1.82, 2.24) is 0 Å². The quantitative estimate of drug-likeness (QED) is 0.550. The third kappa shape index (κ3) is 2.75. The van der Waals surface area contributed by atoms with Crippen molar-refractivity contribution in [2.45, 2.75) is 0 Å². The number of hydrogen-bond acceptors (Lipinski definition) is 4. The normalized spacial score (nSPS) is 11.9. The summed E-state index contributed by atoms with van der Waals surface area (Å²) in [6.07, 6.45) is 0.673. The van der Waals surface area contributed by atoms with Crippen molar-refractivity contribution in [2.75, 3.05) is 0 Å². The molecular weight excluding hydrogens is 344 g/mol. The number of fused-ring (bicyclic) bond motifs is 2. The van der Waals surface area contributed by atoms with E-state index in [0.717, 1.165) is 5.22 Å². The van der Waals surface area contributed by atoms with Crippen molar-refractivity contribution in [3.05, 3.63) is 87.3 Å². The van der Waals surface area contributed by atoms with Gasteiger partial charge in [-0.1, -0.05) is 24.8 Å². The van der Waals surface area contributed by atoms with Gasteiger partial charge in [0.2, 0.25) is 0 Å². The average molecular weight is 358 g/mol. The summed E-state index contributed by atoms with van der Waals surface area (Å²) in [6, 6.07) is 14.4. The summed E-state index contributed by atoms with van der Waals surface area (Å²) in [4.78, 5) is 23.1. The molecule has 5 nitrogen and oxygen atoms in total. The number of ether oxygens (including phenoxy) is 1. The fraction of sp³-hybridized carbons (Fsp3) is 0. The molecule has 3 aromatic rings. The van der Waals surface area contributed by atoms with Crippen LogP contribution in [0.25, 0.3) is 12.2 Å². The molecule has 27 heavy (non-hydrogen) atoms. The minimum absolute atomic E-state index is 0.0300. The highest BCUT2D eigenvalue weighted by Gasteiger charge is 2.24. The first kappa shape index (κ1) is 16.6. The first-order chi connectivity index (χ1) is 13.0. The van der Waals surface area contributed by atoms with Gasteiger partial charge < -0.3 is 14.9 Å². The van der Waals surface area contributed by atoms with E-state index in [1.807, 2.05) is 6.07 Å². The van der Waals surface area contributed by atoms with E-state index in [1.165, 1.54) is 24.3 Å². The molecule has 1 aliphatic rings. The molecule has 0 unspecified atom stereocenters. The zero-order valence-corrected chi connectivity index (χ0v) is 14.1. The topological polar surface area (TPSA) is 83.8 Å². The second-order valence-corrected chi connectivity index (χ2v) is 6.22. The Balaban J connectivity index is 2.18. The Morgan fingerprint density at radius 1 is 0.963 bits per heavy atom. The Kier molecular flexibility index (Phi) is 3.78. The van der Waals surface area contributed by atoms with Crippen LogP contribution in [0, 0.1) is 0 Å². The first-order valence-corrected chi connectivity index (χ1v) is 8.15. The molecule has 3 aromatic carbocycles. The highest BCUT2D eigenvalue weighted by Crippen LogP contribution is 2.38. The number of carboxylic acids is 1. The minimum Gasteiger partial charge on any atom is -0.508 e. The number of carbonyl (C=O) groups is 2. The maximum absolute atomic E-state index is 11.8. The van der Waals surface area contributed by atoms with Gasteiger partial charge in [-0.3, -0.25) is 4.79 Å². The molecule has 2 N–H and O–H groups in total. The smallest absolute Gasteiger partial charge is 0.336 e. The summed E-state index contributed by atoms with van der Waals surface area (Å²) < 4.78 is 5.91. The molecule has 5 heteroatoms. The van der Waals surface area contributed by atoms with E-state index in [0.29, 0.717) is 45.3 Å². The maximum atomic E-state index is 11.8.